The average Bonchev–Trinajstić information content (AvgIpc) is 2.43. The molecular weight excluding hydrogens is 264 g/mol. The first-order chi connectivity index (χ1) is 9.92. The molecule has 0 unspecified atom stereocenters. The Morgan fingerprint density at radius 1 is 1.10 bits per heavy atom. The highest BCUT2D eigenvalue weighted by Crippen LogP contribution is 2.15. The molecule has 0 aliphatic heterocycles. The predicted molar refractivity (Wildman–Crippen MR) is 87.7 cm³/mol. The number of carbonyl (C=O) groups is 1. The van der Waals surface area contributed by atoms with Gasteiger partial charge in [-0.2, -0.15) is 0 Å². The van der Waals surface area contributed by atoms with E-state index in [1.54, 1.807) is 0 Å². The monoisotopic (exact) mass is 292 g/mol. The molecule has 0 bridgehead atoms. The molecule has 1 rings (SSSR count). The minimum Gasteiger partial charge on any atom is -0.484 e. The van der Waals surface area contributed by atoms with Gasteiger partial charge in [0.2, 0.25) is 0 Å². The number of benzene rings is 1. The number of ether oxygens (including phenoxy) is 1. The zero-order valence-corrected chi connectivity index (χ0v) is 13.8. The van der Waals surface area contributed by atoms with Crippen molar-refractivity contribution in [2.45, 2.75) is 27.7 Å². The molecule has 0 atom stereocenters. The number of anilines is 1. The molecule has 1 aromatic carbocycles. The van der Waals surface area contributed by atoms with Gasteiger partial charge < -0.3 is 15.0 Å². The van der Waals surface area contributed by atoms with E-state index in [4.69, 9.17) is 4.74 Å². The van der Waals surface area contributed by atoms with Gasteiger partial charge in [-0.3, -0.25) is 4.79 Å². The first-order valence-electron chi connectivity index (χ1n) is 7.60. The summed E-state index contributed by atoms with van der Waals surface area (Å²) in [6, 6.07) is 7.60. The fraction of sp³-hybridized carbons (Fsp3) is 0.588. The van der Waals surface area contributed by atoms with Crippen molar-refractivity contribution in [2.24, 2.45) is 11.8 Å². The van der Waals surface area contributed by atoms with Gasteiger partial charge in [0.15, 0.2) is 6.61 Å². The quantitative estimate of drug-likeness (QED) is 0.799. The Hall–Kier alpha value is -1.71. The maximum atomic E-state index is 12.3. The maximum absolute atomic E-state index is 12.3. The van der Waals surface area contributed by atoms with E-state index in [1.165, 1.54) is 0 Å². The van der Waals surface area contributed by atoms with Gasteiger partial charge in [0.05, 0.1) is 0 Å². The second kappa shape index (κ2) is 8.55. The molecule has 1 amide bonds. The highest BCUT2D eigenvalue weighted by atomic mass is 16.5. The molecule has 0 aliphatic carbocycles. The Labute approximate surface area is 128 Å². The lowest BCUT2D eigenvalue weighted by molar-refractivity contribution is -0.134. The van der Waals surface area contributed by atoms with E-state index in [0.717, 1.165) is 24.5 Å². The van der Waals surface area contributed by atoms with Gasteiger partial charge in [-0.25, -0.2) is 0 Å². The van der Waals surface area contributed by atoms with E-state index in [2.05, 4.69) is 33.0 Å². The minimum absolute atomic E-state index is 0.0510. The number of hydrogen-bond donors (Lipinski definition) is 1. The van der Waals surface area contributed by atoms with Crippen LogP contribution in [0.4, 0.5) is 5.69 Å². The molecule has 0 heterocycles. The van der Waals surface area contributed by atoms with E-state index < -0.39 is 0 Å². The van der Waals surface area contributed by atoms with Gasteiger partial charge in [0.1, 0.15) is 5.75 Å². The average molecular weight is 292 g/mol. The Balaban J connectivity index is 2.55. The summed E-state index contributed by atoms with van der Waals surface area (Å²) in [5.74, 6) is 1.69. The predicted octanol–water partition coefficient (Wildman–Crippen LogP) is 3.25. The smallest absolute Gasteiger partial charge is 0.260 e. The van der Waals surface area contributed by atoms with Crippen LogP contribution in [0.5, 0.6) is 5.75 Å². The molecule has 118 valence electrons. The van der Waals surface area contributed by atoms with Crippen LogP contribution in [-0.2, 0) is 4.79 Å². The minimum atomic E-state index is 0.0510. The number of nitrogens with one attached hydrogen (secondary N) is 1. The van der Waals surface area contributed by atoms with Gasteiger partial charge in [-0.1, -0.05) is 27.7 Å². The zero-order valence-electron chi connectivity index (χ0n) is 13.8. The number of amides is 1. The molecule has 1 N–H and O–H groups in total. The van der Waals surface area contributed by atoms with Crippen molar-refractivity contribution in [2.75, 3.05) is 32.1 Å². The Morgan fingerprint density at radius 3 is 2.05 bits per heavy atom. The van der Waals surface area contributed by atoms with Gasteiger partial charge in [0, 0.05) is 25.8 Å². The number of carbonyl (C=O) groups excluding carboxylic acids is 1. The summed E-state index contributed by atoms with van der Waals surface area (Å²) < 4.78 is 5.59. The SMILES string of the molecule is CNc1ccc(OCC(=O)N(CC(C)C)CC(C)C)cc1. The van der Waals surface area contributed by atoms with Crippen molar-refractivity contribution in [3.63, 3.8) is 0 Å². The Morgan fingerprint density at radius 2 is 1.62 bits per heavy atom. The van der Waals surface area contributed by atoms with Crippen molar-refractivity contribution >= 4 is 11.6 Å². The highest BCUT2D eigenvalue weighted by molar-refractivity contribution is 5.77. The van der Waals surface area contributed by atoms with Crippen molar-refractivity contribution in [3.8, 4) is 5.75 Å². The van der Waals surface area contributed by atoms with E-state index >= 15 is 0 Å². The molecule has 21 heavy (non-hydrogen) atoms. The van der Waals surface area contributed by atoms with Gasteiger partial charge >= 0.3 is 0 Å². The lowest BCUT2D eigenvalue weighted by Crippen LogP contribution is -2.39. The normalized spacial score (nSPS) is 10.8. The van der Waals surface area contributed by atoms with Crippen molar-refractivity contribution in [1.29, 1.82) is 0 Å². The van der Waals surface area contributed by atoms with Crippen LogP contribution in [0.15, 0.2) is 24.3 Å². The second-order valence-corrected chi connectivity index (χ2v) is 6.15. The van der Waals surface area contributed by atoms with Crippen LogP contribution >= 0.6 is 0 Å². The van der Waals surface area contributed by atoms with E-state index in [-0.39, 0.29) is 12.5 Å². The van der Waals surface area contributed by atoms with Crippen molar-refractivity contribution in [1.82, 2.24) is 4.90 Å². The van der Waals surface area contributed by atoms with Crippen molar-refractivity contribution in [3.05, 3.63) is 24.3 Å². The summed E-state index contributed by atoms with van der Waals surface area (Å²) in [6.07, 6.45) is 0. The van der Waals surface area contributed by atoms with Gasteiger partial charge in [-0.05, 0) is 36.1 Å². The third-order valence-electron chi connectivity index (χ3n) is 3.03. The molecule has 0 aliphatic rings. The van der Waals surface area contributed by atoms with Crippen LogP contribution in [0.2, 0.25) is 0 Å². The number of nitrogens with zero attached hydrogens (tertiary/aromatic N) is 1. The lowest BCUT2D eigenvalue weighted by atomic mass is 10.1. The molecule has 0 fully saturated rings. The van der Waals surface area contributed by atoms with Crippen LogP contribution in [0.25, 0.3) is 0 Å². The fourth-order valence-corrected chi connectivity index (χ4v) is 2.11. The topological polar surface area (TPSA) is 41.6 Å². The summed E-state index contributed by atoms with van der Waals surface area (Å²) in [5.41, 5.74) is 1.02. The van der Waals surface area contributed by atoms with Gasteiger partial charge in [-0.15, -0.1) is 0 Å². The van der Waals surface area contributed by atoms with Crippen molar-refractivity contribution < 1.29 is 9.53 Å². The van der Waals surface area contributed by atoms with E-state index in [0.29, 0.717) is 11.8 Å². The Bertz CT molecular complexity index is 417. The first kappa shape index (κ1) is 17.3. The molecule has 0 saturated heterocycles. The summed E-state index contributed by atoms with van der Waals surface area (Å²) in [7, 11) is 1.87. The third-order valence-corrected chi connectivity index (χ3v) is 3.03. The summed E-state index contributed by atoms with van der Waals surface area (Å²) >= 11 is 0. The molecule has 1 aromatic rings. The third kappa shape index (κ3) is 6.52. The van der Waals surface area contributed by atoms with E-state index in [1.807, 2.05) is 36.2 Å². The lowest BCUT2D eigenvalue weighted by Gasteiger charge is -2.26. The maximum Gasteiger partial charge on any atom is 0.260 e. The number of rotatable bonds is 8. The molecule has 0 saturated carbocycles. The zero-order chi connectivity index (χ0) is 15.8. The Kier molecular flexibility index (Phi) is 7.06. The summed E-state index contributed by atoms with van der Waals surface area (Å²) in [5, 5.41) is 3.05. The molecule has 4 heteroatoms. The highest BCUT2D eigenvalue weighted by Gasteiger charge is 2.16. The largest absolute Gasteiger partial charge is 0.484 e. The fourth-order valence-electron chi connectivity index (χ4n) is 2.11. The summed E-state index contributed by atoms with van der Waals surface area (Å²) in [4.78, 5) is 14.2. The molecule has 4 nitrogen and oxygen atoms in total. The molecule has 0 spiro atoms. The van der Waals surface area contributed by atoms with Crippen LogP contribution < -0.4 is 10.1 Å². The second-order valence-electron chi connectivity index (χ2n) is 6.15. The van der Waals surface area contributed by atoms with Gasteiger partial charge in [0.25, 0.3) is 5.91 Å². The van der Waals surface area contributed by atoms with Crippen LogP contribution in [0.1, 0.15) is 27.7 Å². The molecular formula is C17H28N2O2. The first-order valence-corrected chi connectivity index (χ1v) is 7.60. The summed E-state index contributed by atoms with van der Waals surface area (Å²) in [6.45, 7) is 10.1. The van der Waals surface area contributed by atoms with Crippen LogP contribution in [-0.4, -0.2) is 37.6 Å². The molecule has 0 radical (unpaired) electrons. The van der Waals surface area contributed by atoms with E-state index in [9.17, 15) is 4.79 Å². The van der Waals surface area contributed by atoms with Crippen LogP contribution in [0, 0.1) is 11.8 Å². The standard InChI is InChI=1S/C17H28N2O2/c1-13(2)10-19(11-14(3)4)17(20)12-21-16-8-6-15(18-5)7-9-16/h6-9,13-14,18H,10-12H2,1-5H3. The molecule has 0 aromatic heterocycles. The van der Waals surface area contributed by atoms with Crippen LogP contribution in [0.3, 0.4) is 0 Å². The number of hydrogen-bond acceptors (Lipinski definition) is 3.